The molecule has 1 N–H and O–H groups in total. The molecule has 7 heteroatoms. The van der Waals surface area contributed by atoms with Gasteiger partial charge >= 0.3 is 0 Å². The van der Waals surface area contributed by atoms with Crippen LogP contribution in [0.4, 0.5) is 11.5 Å². The number of likely N-dealkylation sites (N-methyl/N-ethyl adjacent to an activating group) is 1. The van der Waals surface area contributed by atoms with Gasteiger partial charge < -0.3 is 19.9 Å². The van der Waals surface area contributed by atoms with E-state index in [1.165, 1.54) is 0 Å². The topological polar surface area (TPSA) is 70.6 Å². The molecule has 0 bridgehead atoms. The van der Waals surface area contributed by atoms with E-state index in [0.29, 0.717) is 11.4 Å². The summed E-state index contributed by atoms with van der Waals surface area (Å²) >= 11 is 0. The highest BCUT2D eigenvalue weighted by Gasteiger charge is 2.17. The molecule has 4 rings (SSSR count). The minimum absolute atomic E-state index is 0.196. The quantitative estimate of drug-likeness (QED) is 0.620. The van der Waals surface area contributed by atoms with Crippen LogP contribution in [0.3, 0.4) is 0 Å². The molecule has 1 aromatic heterocycles. The molecule has 0 spiro atoms. The third-order valence-electron chi connectivity index (χ3n) is 5.80. The van der Waals surface area contributed by atoms with Crippen LogP contribution in [-0.4, -0.2) is 60.3 Å². The summed E-state index contributed by atoms with van der Waals surface area (Å²) in [6.07, 6.45) is -0.612. The number of amides is 1. The summed E-state index contributed by atoms with van der Waals surface area (Å²) in [5.41, 5.74) is 4.67. The average Bonchev–Trinajstić information content (AvgIpc) is 2.79. The molecule has 1 amide bonds. The van der Waals surface area contributed by atoms with Crippen LogP contribution in [0.15, 0.2) is 54.6 Å². The molecule has 0 saturated carbocycles. The van der Waals surface area contributed by atoms with Crippen molar-refractivity contribution in [2.75, 3.05) is 43.4 Å². The van der Waals surface area contributed by atoms with Crippen molar-refractivity contribution in [2.45, 2.75) is 26.9 Å². The maximum atomic E-state index is 12.6. The number of rotatable bonds is 6. The van der Waals surface area contributed by atoms with Gasteiger partial charge in [0.05, 0.1) is 5.69 Å². The fourth-order valence-corrected chi connectivity index (χ4v) is 3.91. The van der Waals surface area contributed by atoms with Crippen LogP contribution in [0, 0.1) is 13.8 Å². The molecule has 2 heterocycles. The summed E-state index contributed by atoms with van der Waals surface area (Å²) in [6.45, 7) is 9.76. The van der Waals surface area contributed by atoms with Gasteiger partial charge in [0.1, 0.15) is 5.75 Å². The fourth-order valence-electron chi connectivity index (χ4n) is 3.91. The zero-order valence-electron chi connectivity index (χ0n) is 19.7. The summed E-state index contributed by atoms with van der Waals surface area (Å²) in [5, 5.41) is 11.7. The van der Waals surface area contributed by atoms with E-state index < -0.39 is 6.10 Å². The van der Waals surface area contributed by atoms with Crippen molar-refractivity contribution < 1.29 is 9.53 Å². The predicted molar refractivity (Wildman–Crippen MR) is 132 cm³/mol. The van der Waals surface area contributed by atoms with E-state index in [9.17, 15) is 4.79 Å². The lowest BCUT2D eigenvalue weighted by molar-refractivity contribution is -0.122. The van der Waals surface area contributed by atoms with Crippen LogP contribution in [0.1, 0.15) is 18.1 Å². The maximum absolute atomic E-state index is 12.6. The van der Waals surface area contributed by atoms with Crippen LogP contribution in [0.2, 0.25) is 0 Å². The van der Waals surface area contributed by atoms with Gasteiger partial charge in [-0.15, -0.1) is 10.2 Å². The molecule has 1 aliphatic rings. The number of nitrogens with zero attached hydrogens (tertiary/aromatic N) is 4. The monoisotopic (exact) mass is 445 g/mol. The van der Waals surface area contributed by atoms with Crippen molar-refractivity contribution >= 4 is 17.4 Å². The van der Waals surface area contributed by atoms with Gasteiger partial charge in [-0.05, 0) is 75.3 Å². The van der Waals surface area contributed by atoms with Gasteiger partial charge in [0.25, 0.3) is 5.91 Å². The van der Waals surface area contributed by atoms with Gasteiger partial charge in [0, 0.05) is 37.4 Å². The molecule has 0 aliphatic carbocycles. The van der Waals surface area contributed by atoms with E-state index in [2.05, 4.69) is 38.4 Å². The van der Waals surface area contributed by atoms with Crippen LogP contribution in [0.5, 0.6) is 5.75 Å². The molecule has 33 heavy (non-hydrogen) atoms. The summed E-state index contributed by atoms with van der Waals surface area (Å²) in [5.74, 6) is 1.41. The number of hydrogen-bond acceptors (Lipinski definition) is 6. The number of benzene rings is 2. The first-order valence-corrected chi connectivity index (χ1v) is 11.3. The highest BCUT2D eigenvalue weighted by atomic mass is 16.5. The summed E-state index contributed by atoms with van der Waals surface area (Å²) < 4.78 is 5.83. The molecule has 1 saturated heterocycles. The van der Waals surface area contributed by atoms with Crippen molar-refractivity contribution in [3.8, 4) is 17.0 Å². The zero-order chi connectivity index (χ0) is 23.4. The Morgan fingerprint density at radius 1 is 0.939 bits per heavy atom. The van der Waals surface area contributed by atoms with E-state index in [1.54, 1.807) is 6.92 Å². The van der Waals surface area contributed by atoms with Crippen molar-refractivity contribution in [2.24, 2.45) is 0 Å². The van der Waals surface area contributed by atoms with Gasteiger partial charge in [-0.25, -0.2) is 0 Å². The van der Waals surface area contributed by atoms with E-state index in [0.717, 1.165) is 54.4 Å². The zero-order valence-corrected chi connectivity index (χ0v) is 19.7. The SMILES string of the molecule is Cc1cc(C)cc(OC(C)C(=O)Nc2ccc(-c3ccc(N4CCN(C)CC4)nn3)cc2)c1. The number of carbonyl (C=O) groups is 1. The first kappa shape index (κ1) is 22.7. The van der Waals surface area contributed by atoms with Crippen LogP contribution >= 0.6 is 0 Å². The molecule has 1 fully saturated rings. The number of ether oxygens (including phenoxy) is 1. The van der Waals surface area contributed by atoms with Gasteiger partial charge in [-0.1, -0.05) is 18.2 Å². The predicted octanol–water partition coefficient (Wildman–Crippen LogP) is 3.92. The minimum atomic E-state index is -0.612. The molecule has 172 valence electrons. The first-order valence-electron chi connectivity index (χ1n) is 11.3. The Balaban J connectivity index is 1.35. The van der Waals surface area contributed by atoms with Crippen molar-refractivity contribution in [1.82, 2.24) is 15.1 Å². The Morgan fingerprint density at radius 2 is 1.61 bits per heavy atom. The number of aryl methyl sites for hydroxylation is 2. The Morgan fingerprint density at radius 3 is 2.21 bits per heavy atom. The van der Waals surface area contributed by atoms with Crippen molar-refractivity contribution in [3.63, 3.8) is 0 Å². The summed E-state index contributed by atoms with van der Waals surface area (Å²) in [6, 6.07) is 17.6. The Labute approximate surface area is 195 Å². The van der Waals surface area contributed by atoms with E-state index >= 15 is 0 Å². The van der Waals surface area contributed by atoms with E-state index in [4.69, 9.17) is 4.74 Å². The maximum Gasteiger partial charge on any atom is 0.265 e. The molecule has 3 aromatic rings. The lowest BCUT2D eigenvalue weighted by Crippen LogP contribution is -2.44. The molecular weight excluding hydrogens is 414 g/mol. The van der Waals surface area contributed by atoms with Gasteiger partial charge in [0.15, 0.2) is 11.9 Å². The minimum Gasteiger partial charge on any atom is -0.481 e. The normalized spacial score (nSPS) is 15.2. The fraction of sp³-hybridized carbons (Fsp3) is 0.346. The molecule has 7 nitrogen and oxygen atoms in total. The number of piperazine rings is 1. The first-order chi connectivity index (χ1) is 15.9. The Kier molecular flexibility index (Phi) is 6.89. The van der Waals surface area contributed by atoms with Crippen molar-refractivity contribution in [3.05, 3.63) is 65.7 Å². The van der Waals surface area contributed by atoms with Gasteiger partial charge in [0.2, 0.25) is 0 Å². The molecule has 2 aromatic carbocycles. The average molecular weight is 446 g/mol. The highest BCUT2D eigenvalue weighted by molar-refractivity contribution is 5.94. The van der Waals surface area contributed by atoms with E-state index in [1.807, 2.05) is 62.4 Å². The molecule has 0 radical (unpaired) electrons. The third-order valence-corrected chi connectivity index (χ3v) is 5.80. The Bertz CT molecular complexity index is 1070. The van der Waals surface area contributed by atoms with Crippen molar-refractivity contribution in [1.29, 1.82) is 0 Å². The molecule has 1 aliphatic heterocycles. The van der Waals surface area contributed by atoms with E-state index in [-0.39, 0.29) is 5.91 Å². The highest BCUT2D eigenvalue weighted by Crippen LogP contribution is 2.22. The lowest BCUT2D eigenvalue weighted by Gasteiger charge is -2.32. The third kappa shape index (κ3) is 5.87. The molecular formula is C26H31N5O2. The number of carbonyl (C=O) groups excluding carboxylic acids is 1. The standard InChI is InChI=1S/C26H31N5O2/c1-18-15-19(2)17-23(16-18)33-20(3)26(32)27-22-7-5-21(6-8-22)24-9-10-25(29-28-24)31-13-11-30(4)12-14-31/h5-10,15-17,20H,11-14H2,1-4H3,(H,27,32). The second-order valence-electron chi connectivity index (χ2n) is 8.72. The Hall–Kier alpha value is -3.45. The summed E-state index contributed by atoms with van der Waals surface area (Å²) in [4.78, 5) is 17.2. The second kappa shape index (κ2) is 10.0. The van der Waals surface area contributed by atoms with Gasteiger partial charge in [-0.2, -0.15) is 0 Å². The smallest absolute Gasteiger partial charge is 0.265 e. The number of anilines is 2. The number of nitrogens with one attached hydrogen (secondary N) is 1. The summed E-state index contributed by atoms with van der Waals surface area (Å²) in [7, 11) is 2.14. The second-order valence-corrected chi connectivity index (χ2v) is 8.72. The van der Waals surface area contributed by atoms with Gasteiger partial charge in [-0.3, -0.25) is 4.79 Å². The molecule has 1 atom stereocenters. The number of aromatic nitrogens is 2. The van der Waals surface area contributed by atoms with Crippen LogP contribution in [-0.2, 0) is 4.79 Å². The largest absolute Gasteiger partial charge is 0.481 e. The lowest BCUT2D eigenvalue weighted by atomic mass is 10.1. The molecule has 1 unspecified atom stereocenters. The van der Waals surface area contributed by atoms with Crippen LogP contribution < -0.4 is 15.0 Å². The van der Waals surface area contributed by atoms with Crippen LogP contribution in [0.25, 0.3) is 11.3 Å². The number of hydrogen-bond donors (Lipinski definition) is 1.